The molecule has 9 heteroatoms. The number of hydrogen-bond donors (Lipinski definition) is 1. The van der Waals surface area contributed by atoms with Crippen molar-refractivity contribution in [2.45, 2.75) is 40.2 Å². The monoisotopic (exact) mass is 478 g/mol. The number of nitrogens with zero attached hydrogens (tertiary/aromatic N) is 3. The Morgan fingerprint density at radius 3 is 2.46 bits per heavy atom. The van der Waals surface area contributed by atoms with Crippen LogP contribution in [0, 0.1) is 13.8 Å². The molecule has 1 N–H and O–H groups in total. The van der Waals surface area contributed by atoms with Gasteiger partial charge in [-0.2, -0.15) is 5.10 Å². The lowest BCUT2D eigenvalue weighted by molar-refractivity contribution is -0.139. The van der Waals surface area contributed by atoms with Crippen LogP contribution in [-0.4, -0.2) is 51.7 Å². The molecule has 0 aliphatic heterocycles. The second-order valence-corrected chi connectivity index (χ2v) is 8.47. The van der Waals surface area contributed by atoms with Crippen molar-refractivity contribution in [3.63, 3.8) is 0 Å². The lowest BCUT2D eigenvalue weighted by atomic mass is 10.1. The maximum absolute atomic E-state index is 13.0. The third-order valence-corrected chi connectivity index (χ3v) is 6.11. The van der Waals surface area contributed by atoms with Crippen molar-refractivity contribution in [2.24, 2.45) is 7.05 Å². The van der Waals surface area contributed by atoms with Crippen molar-refractivity contribution in [3.05, 3.63) is 69.6 Å². The summed E-state index contributed by atoms with van der Waals surface area (Å²) >= 11 is 0. The first-order valence-electron chi connectivity index (χ1n) is 11.4. The number of fused-ring (bicyclic) bond motifs is 1. The lowest BCUT2D eigenvalue weighted by Gasteiger charge is -2.28. The van der Waals surface area contributed by atoms with Crippen LogP contribution >= 0.6 is 0 Å². The first-order valence-corrected chi connectivity index (χ1v) is 11.4. The van der Waals surface area contributed by atoms with Gasteiger partial charge in [-0.15, -0.1) is 0 Å². The summed E-state index contributed by atoms with van der Waals surface area (Å²) in [5, 5.41) is 7.55. The maximum atomic E-state index is 13.0. The van der Waals surface area contributed by atoms with Gasteiger partial charge in [0.1, 0.15) is 6.54 Å². The Morgan fingerprint density at radius 2 is 1.77 bits per heavy atom. The van der Waals surface area contributed by atoms with Crippen LogP contribution in [0.15, 0.2) is 47.3 Å². The summed E-state index contributed by atoms with van der Waals surface area (Å²) in [6.45, 7) is 6.86. The van der Waals surface area contributed by atoms with E-state index in [0.29, 0.717) is 22.9 Å². The number of nitrogens with one attached hydrogen (secondary N) is 1. The third-order valence-electron chi connectivity index (χ3n) is 6.11. The number of aromatic nitrogens is 2. The largest absolute Gasteiger partial charge is 0.451 e. The van der Waals surface area contributed by atoms with Crippen LogP contribution in [-0.2, 0) is 21.4 Å². The van der Waals surface area contributed by atoms with E-state index in [0.717, 1.165) is 15.8 Å². The molecule has 3 aromatic rings. The second-order valence-electron chi connectivity index (χ2n) is 8.47. The summed E-state index contributed by atoms with van der Waals surface area (Å²) < 4.78 is 6.32. The summed E-state index contributed by atoms with van der Waals surface area (Å²) in [4.78, 5) is 52.1. The Bertz CT molecular complexity index is 1330. The molecular formula is C26H30N4O5. The Balaban J connectivity index is 1.72. The van der Waals surface area contributed by atoms with Gasteiger partial charge in [-0.1, -0.05) is 37.3 Å². The van der Waals surface area contributed by atoms with Gasteiger partial charge >= 0.3 is 5.97 Å². The zero-order valence-electron chi connectivity index (χ0n) is 20.6. The summed E-state index contributed by atoms with van der Waals surface area (Å²) in [5.74, 6) is -1.67. The number of anilines is 1. The van der Waals surface area contributed by atoms with E-state index in [1.165, 1.54) is 11.9 Å². The fourth-order valence-corrected chi connectivity index (χ4v) is 3.67. The number of carbonyl (C=O) groups is 3. The number of hydrogen-bond acceptors (Lipinski definition) is 6. The molecule has 0 unspecified atom stereocenters. The Labute approximate surface area is 203 Å². The molecule has 0 saturated heterocycles. The molecule has 0 aliphatic carbocycles. The van der Waals surface area contributed by atoms with Gasteiger partial charge < -0.3 is 15.0 Å². The Hall–Kier alpha value is -4.01. The smallest absolute Gasteiger partial charge is 0.359 e. The van der Waals surface area contributed by atoms with Gasteiger partial charge in [-0.25, -0.2) is 9.48 Å². The number of ether oxygens (including phenoxy) is 1. The average Bonchev–Trinajstić information content (AvgIpc) is 2.85. The van der Waals surface area contributed by atoms with E-state index in [4.69, 9.17) is 4.74 Å². The first-order chi connectivity index (χ1) is 16.6. The molecule has 0 bridgehead atoms. The van der Waals surface area contributed by atoms with Gasteiger partial charge in [-0.05, 0) is 50.5 Å². The number of aryl methyl sites for hydroxylation is 2. The number of benzene rings is 2. The fourth-order valence-electron chi connectivity index (χ4n) is 3.67. The summed E-state index contributed by atoms with van der Waals surface area (Å²) in [5.41, 5.74) is 2.28. The standard InChI is InChI=1S/C26H30N4O5/c1-6-17(3)30(14-22(31)27-21-13-9-10-16(2)18(21)4)23(32)15-35-26(34)24-19-11-7-8-12-20(19)25(33)29(5)28-24/h7-13,17H,6,14-15H2,1-5H3,(H,27,31)/t17-/m0/s1. The van der Waals surface area contributed by atoms with Crippen LogP contribution in [0.2, 0.25) is 0 Å². The number of esters is 1. The third kappa shape index (κ3) is 5.74. The van der Waals surface area contributed by atoms with Crippen LogP contribution < -0.4 is 10.9 Å². The predicted molar refractivity (Wildman–Crippen MR) is 133 cm³/mol. The van der Waals surface area contributed by atoms with E-state index in [1.807, 2.05) is 45.9 Å². The van der Waals surface area contributed by atoms with E-state index in [-0.39, 0.29) is 29.7 Å². The van der Waals surface area contributed by atoms with Crippen LogP contribution in [0.3, 0.4) is 0 Å². The molecule has 3 rings (SSSR count). The highest BCUT2D eigenvalue weighted by Gasteiger charge is 2.25. The topological polar surface area (TPSA) is 111 Å². The Kier molecular flexibility index (Phi) is 8.01. The molecule has 35 heavy (non-hydrogen) atoms. The quantitative estimate of drug-likeness (QED) is 0.499. The molecule has 1 heterocycles. The molecular weight excluding hydrogens is 448 g/mol. The van der Waals surface area contributed by atoms with E-state index >= 15 is 0 Å². The molecule has 1 aromatic heterocycles. The molecule has 1 atom stereocenters. The van der Waals surface area contributed by atoms with Crippen molar-refractivity contribution in [1.82, 2.24) is 14.7 Å². The minimum absolute atomic E-state index is 0.0572. The fraction of sp³-hybridized carbons (Fsp3) is 0.346. The highest BCUT2D eigenvalue weighted by molar-refractivity contribution is 6.02. The van der Waals surface area contributed by atoms with Gasteiger partial charge in [0.05, 0.1) is 5.39 Å². The molecule has 0 spiro atoms. The zero-order valence-corrected chi connectivity index (χ0v) is 20.6. The predicted octanol–water partition coefficient (Wildman–Crippen LogP) is 2.97. The maximum Gasteiger partial charge on any atom is 0.359 e. The van der Waals surface area contributed by atoms with Crippen molar-refractivity contribution in [3.8, 4) is 0 Å². The average molecular weight is 479 g/mol. The normalized spacial score (nSPS) is 11.7. The van der Waals surface area contributed by atoms with Crippen LogP contribution in [0.25, 0.3) is 10.8 Å². The number of amides is 2. The summed E-state index contributed by atoms with van der Waals surface area (Å²) in [6.07, 6.45) is 0.615. The molecule has 184 valence electrons. The van der Waals surface area contributed by atoms with Crippen molar-refractivity contribution in [2.75, 3.05) is 18.5 Å². The first kappa shape index (κ1) is 25.6. The SMILES string of the molecule is CC[C@H](C)N(CC(=O)Nc1cccc(C)c1C)C(=O)COC(=O)c1nn(C)c(=O)c2ccccc12. The molecule has 9 nitrogen and oxygen atoms in total. The molecule has 2 amide bonds. The van der Waals surface area contributed by atoms with E-state index in [1.54, 1.807) is 24.3 Å². The van der Waals surface area contributed by atoms with E-state index < -0.39 is 18.5 Å². The summed E-state index contributed by atoms with van der Waals surface area (Å²) in [6, 6.07) is 11.9. The highest BCUT2D eigenvalue weighted by atomic mass is 16.5. The van der Waals surface area contributed by atoms with Gasteiger partial charge in [-0.3, -0.25) is 14.4 Å². The van der Waals surface area contributed by atoms with Gasteiger partial charge in [0.2, 0.25) is 5.91 Å². The highest BCUT2D eigenvalue weighted by Crippen LogP contribution is 2.18. The molecule has 0 aliphatic rings. The lowest BCUT2D eigenvalue weighted by Crippen LogP contribution is -2.45. The number of carbonyl (C=O) groups excluding carboxylic acids is 3. The van der Waals surface area contributed by atoms with Gasteiger partial charge in [0.15, 0.2) is 12.3 Å². The molecule has 0 radical (unpaired) electrons. The van der Waals surface area contributed by atoms with Gasteiger partial charge in [0.25, 0.3) is 11.5 Å². The van der Waals surface area contributed by atoms with Crippen LogP contribution in [0.4, 0.5) is 5.69 Å². The minimum Gasteiger partial charge on any atom is -0.451 e. The summed E-state index contributed by atoms with van der Waals surface area (Å²) in [7, 11) is 1.44. The molecule has 2 aromatic carbocycles. The Morgan fingerprint density at radius 1 is 1.09 bits per heavy atom. The number of rotatable bonds is 8. The molecule has 0 fully saturated rings. The van der Waals surface area contributed by atoms with E-state index in [2.05, 4.69) is 10.4 Å². The van der Waals surface area contributed by atoms with Crippen LogP contribution in [0.5, 0.6) is 0 Å². The van der Waals surface area contributed by atoms with E-state index in [9.17, 15) is 19.2 Å². The van der Waals surface area contributed by atoms with Crippen molar-refractivity contribution in [1.29, 1.82) is 0 Å². The van der Waals surface area contributed by atoms with Crippen molar-refractivity contribution >= 4 is 34.2 Å². The van der Waals surface area contributed by atoms with Crippen molar-refractivity contribution < 1.29 is 19.1 Å². The second kappa shape index (κ2) is 10.9. The minimum atomic E-state index is -0.825. The zero-order chi connectivity index (χ0) is 25.7. The van der Waals surface area contributed by atoms with Crippen LogP contribution in [0.1, 0.15) is 41.9 Å². The molecule has 0 saturated carbocycles. The van der Waals surface area contributed by atoms with Gasteiger partial charge in [0, 0.05) is 24.2 Å².